The summed E-state index contributed by atoms with van der Waals surface area (Å²) in [6.07, 6.45) is 3.67. The van der Waals surface area contributed by atoms with Gasteiger partial charge in [-0.1, -0.05) is 42.8 Å². The summed E-state index contributed by atoms with van der Waals surface area (Å²) in [5.74, 6) is 0.883. The van der Waals surface area contributed by atoms with Crippen molar-refractivity contribution in [1.82, 2.24) is 0 Å². The highest BCUT2D eigenvalue weighted by Gasteiger charge is 2.37. The first-order valence-corrected chi connectivity index (χ1v) is 8.20. The molecule has 2 N–H and O–H groups in total. The van der Waals surface area contributed by atoms with Crippen LogP contribution in [0.2, 0.25) is 0 Å². The first-order chi connectivity index (χ1) is 10.2. The quantitative estimate of drug-likeness (QED) is 0.870. The van der Waals surface area contributed by atoms with E-state index in [1.54, 1.807) is 0 Å². The Kier molecular flexibility index (Phi) is 4.32. The third-order valence-corrected chi connectivity index (χ3v) is 5.10. The molecule has 0 aromatic heterocycles. The standard InChI is InChI=1S/C18H20BrNO/c19-16-11-15(18(13-20)9-4-10-18)7-8-17(16)21-12-14-5-2-1-3-6-14/h1-3,5-8,11H,4,9-10,12-13,20H2. The molecule has 1 saturated carbocycles. The van der Waals surface area contributed by atoms with Crippen LogP contribution in [-0.4, -0.2) is 6.54 Å². The van der Waals surface area contributed by atoms with E-state index in [0.717, 1.165) is 16.8 Å². The maximum Gasteiger partial charge on any atom is 0.134 e. The van der Waals surface area contributed by atoms with Gasteiger partial charge in [-0.15, -0.1) is 0 Å². The van der Waals surface area contributed by atoms with Crippen LogP contribution in [0.4, 0.5) is 0 Å². The molecule has 0 amide bonds. The lowest BCUT2D eigenvalue weighted by molar-refractivity contribution is 0.252. The maximum atomic E-state index is 5.98. The Labute approximate surface area is 134 Å². The zero-order valence-corrected chi connectivity index (χ0v) is 13.6. The molecule has 0 heterocycles. The van der Waals surface area contributed by atoms with E-state index in [1.165, 1.54) is 30.4 Å². The molecule has 2 aromatic rings. The van der Waals surface area contributed by atoms with E-state index in [-0.39, 0.29) is 5.41 Å². The van der Waals surface area contributed by atoms with Crippen molar-refractivity contribution < 1.29 is 4.74 Å². The van der Waals surface area contributed by atoms with Crippen molar-refractivity contribution in [3.8, 4) is 5.75 Å². The highest BCUT2D eigenvalue weighted by Crippen LogP contribution is 2.44. The summed E-state index contributed by atoms with van der Waals surface area (Å²) in [5.41, 5.74) is 8.67. The lowest BCUT2D eigenvalue weighted by Gasteiger charge is -2.41. The van der Waals surface area contributed by atoms with Crippen molar-refractivity contribution in [2.45, 2.75) is 31.3 Å². The van der Waals surface area contributed by atoms with E-state index in [1.807, 2.05) is 18.2 Å². The van der Waals surface area contributed by atoms with Gasteiger partial charge in [0.1, 0.15) is 12.4 Å². The predicted octanol–water partition coefficient (Wildman–Crippen LogP) is 4.41. The lowest BCUT2D eigenvalue weighted by Crippen LogP contribution is -2.41. The van der Waals surface area contributed by atoms with E-state index in [4.69, 9.17) is 10.5 Å². The van der Waals surface area contributed by atoms with Crippen LogP contribution in [0, 0.1) is 0 Å². The molecule has 21 heavy (non-hydrogen) atoms. The van der Waals surface area contributed by atoms with Gasteiger partial charge in [0.25, 0.3) is 0 Å². The summed E-state index contributed by atoms with van der Waals surface area (Å²) in [5, 5.41) is 0. The van der Waals surface area contributed by atoms with E-state index in [2.05, 4.69) is 46.3 Å². The first kappa shape index (κ1) is 14.6. The van der Waals surface area contributed by atoms with Crippen molar-refractivity contribution in [3.05, 3.63) is 64.1 Å². The Morgan fingerprint density at radius 3 is 2.43 bits per heavy atom. The van der Waals surface area contributed by atoms with Crippen LogP contribution < -0.4 is 10.5 Å². The number of ether oxygens (including phenoxy) is 1. The van der Waals surface area contributed by atoms with Gasteiger partial charge in [-0.2, -0.15) is 0 Å². The first-order valence-electron chi connectivity index (χ1n) is 7.40. The van der Waals surface area contributed by atoms with Crippen molar-refractivity contribution in [1.29, 1.82) is 0 Å². The highest BCUT2D eigenvalue weighted by atomic mass is 79.9. The Balaban J connectivity index is 1.73. The van der Waals surface area contributed by atoms with Crippen molar-refractivity contribution in [3.63, 3.8) is 0 Å². The van der Waals surface area contributed by atoms with Gasteiger partial charge >= 0.3 is 0 Å². The Morgan fingerprint density at radius 2 is 1.86 bits per heavy atom. The summed E-state index contributed by atoms with van der Waals surface area (Å²) in [7, 11) is 0. The summed E-state index contributed by atoms with van der Waals surface area (Å²) >= 11 is 3.63. The third-order valence-electron chi connectivity index (χ3n) is 4.48. The van der Waals surface area contributed by atoms with Crippen LogP contribution in [0.3, 0.4) is 0 Å². The second-order valence-electron chi connectivity index (χ2n) is 5.76. The molecule has 110 valence electrons. The third kappa shape index (κ3) is 2.99. The molecule has 0 aliphatic heterocycles. The molecular formula is C18H20BrNO. The fraction of sp³-hybridized carbons (Fsp3) is 0.333. The summed E-state index contributed by atoms with van der Waals surface area (Å²) in [6.45, 7) is 1.31. The van der Waals surface area contributed by atoms with Crippen LogP contribution in [-0.2, 0) is 12.0 Å². The van der Waals surface area contributed by atoms with Crippen molar-refractivity contribution in [2.24, 2.45) is 5.73 Å². The number of rotatable bonds is 5. The molecule has 0 radical (unpaired) electrons. The van der Waals surface area contributed by atoms with Crippen LogP contribution in [0.25, 0.3) is 0 Å². The average molecular weight is 346 g/mol. The number of hydrogen-bond donors (Lipinski definition) is 1. The van der Waals surface area contributed by atoms with Gasteiger partial charge in [-0.25, -0.2) is 0 Å². The molecule has 2 nitrogen and oxygen atoms in total. The monoisotopic (exact) mass is 345 g/mol. The molecule has 0 bridgehead atoms. The van der Waals surface area contributed by atoms with Crippen molar-refractivity contribution >= 4 is 15.9 Å². The smallest absolute Gasteiger partial charge is 0.134 e. The predicted molar refractivity (Wildman–Crippen MR) is 89.5 cm³/mol. The van der Waals surface area contributed by atoms with E-state index >= 15 is 0 Å². The molecule has 0 unspecified atom stereocenters. The zero-order valence-electron chi connectivity index (χ0n) is 12.0. The highest BCUT2D eigenvalue weighted by molar-refractivity contribution is 9.10. The lowest BCUT2D eigenvalue weighted by atomic mass is 9.64. The molecule has 2 aromatic carbocycles. The van der Waals surface area contributed by atoms with Gasteiger partial charge in [-0.05, 0) is 52.0 Å². The molecule has 0 atom stereocenters. The normalized spacial score (nSPS) is 16.3. The van der Waals surface area contributed by atoms with E-state index in [9.17, 15) is 0 Å². The van der Waals surface area contributed by atoms with Gasteiger partial charge < -0.3 is 10.5 Å². The van der Waals surface area contributed by atoms with Gasteiger partial charge in [0.05, 0.1) is 4.47 Å². The molecule has 1 aliphatic rings. The Morgan fingerprint density at radius 1 is 1.10 bits per heavy atom. The molecule has 3 heteroatoms. The Bertz CT molecular complexity index is 602. The van der Waals surface area contributed by atoms with Crippen LogP contribution in [0.5, 0.6) is 5.75 Å². The molecule has 0 spiro atoms. The second-order valence-corrected chi connectivity index (χ2v) is 6.61. The number of nitrogens with two attached hydrogens (primary N) is 1. The summed E-state index contributed by atoms with van der Waals surface area (Å²) < 4.78 is 6.91. The van der Waals surface area contributed by atoms with Crippen LogP contribution in [0.15, 0.2) is 53.0 Å². The van der Waals surface area contributed by atoms with E-state index in [0.29, 0.717) is 6.61 Å². The van der Waals surface area contributed by atoms with Gasteiger partial charge in [0.15, 0.2) is 0 Å². The average Bonchev–Trinajstić information content (AvgIpc) is 2.47. The van der Waals surface area contributed by atoms with E-state index < -0.39 is 0 Å². The fourth-order valence-electron chi connectivity index (χ4n) is 2.90. The fourth-order valence-corrected chi connectivity index (χ4v) is 3.39. The summed E-state index contributed by atoms with van der Waals surface area (Å²) in [4.78, 5) is 0. The molecule has 3 rings (SSSR count). The zero-order chi connectivity index (χ0) is 14.7. The number of benzene rings is 2. The molecular weight excluding hydrogens is 326 g/mol. The van der Waals surface area contributed by atoms with Gasteiger partial charge in [-0.3, -0.25) is 0 Å². The van der Waals surface area contributed by atoms with Gasteiger partial charge in [0.2, 0.25) is 0 Å². The second kappa shape index (κ2) is 6.20. The largest absolute Gasteiger partial charge is 0.488 e. The molecule has 1 fully saturated rings. The minimum atomic E-state index is 0.195. The SMILES string of the molecule is NCC1(c2ccc(OCc3ccccc3)c(Br)c2)CCC1. The van der Waals surface area contributed by atoms with Crippen LogP contribution in [0.1, 0.15) is 30.4 Å². The van der Waals surface area contributed by atoms with Crippen molar-refractivity contribution in [2.75, 3.05) is 6.54 Å². The number of hydrogen-bond acceptors (Lipinski definition) is 2. The minimum absolute atomic E-state index is 0.195. The van der Waals surface area contributed by atoms with Gasteiger partial charge in [0, 0.05) is 12.0 Å². The topological polar surface area (TPSA) is 35.2 Å². The van der Waals surface area contributed by atoms with Crippen LogP contribution >= 0.6 is 15.9 Å². The summed E-state index contributed by atoms with van der Waals surface area (Å²) in [6, 6.07) is 16.6. The number of halogens is 1. The minimum Gasteiger partial charge on any atom is -0.488 e. The molecule has 0 saturated heterocycles. The maximum absolute atomic E-state index is 5.98. The molecule has 1 aliphatic carbocycles. The Hall–Kier alpha value is -1.32.